The van der Waals surface area contributed by atoms with Crippen LogP contribution in [0.15, 0.2) is 53.0 Å². The van der Waals surface area contributed by atoms with E-state index in [-0.39, 0.29) is 11.5 Å². The van der Waals surface area contributed by atoms with Gasteiger partial charge < -0.3 is 5.73 Å². The van der Waals surface area contributed by atoms with E-state index in [0.717, 1.165) is 22.0 Å². The minimum Gasteiger partial charge on any atom is -0.320 e. The lowest BCUT2D eigenvalue weighted by molar-refractivity contribution is 0.506. The van der Waals surface area contributed by atoms with Crippen molar-refractivity contribution in [2.24, 2.45) is 5.73 Å². The molecule has 0 fully saturated rings. The molecule has 0 aliphatic carbocycles. The predicted octanol–water partition coefficient (Wildman–Crippen LogP) is 5.18. The number of hydrogen-bond acceptors (Lipinski definition) is 1. The second kappa shape index (κ2) is 6.11. The van der Waals surface area contributed by atoms with E-state index in [9.17, 15) is 0 Å². The highest BCUT2D eigenvalue weighted by molar-refractivity contribution is 9.10. The molecule has 1 atom stereocenters. The first-order valence-corrected chi connectivity index (χ1v) is 7.85. The third-order valence-electron chi connectivity index (χ3n) is 4.14. The van der Waals surface area contributed by atoms with Gasteiger partial charge >= 0.3 is 0 Å². The molecule has 2 N–H and O–H groups in total. The van der Waals surface area contributed by atoms with Crippen LogP contribution in [0.25, 0.3) is 0 Å². The zero-order valence-corrected chi connectivity index (χ0v) is 13.9. The fourth-order valence-corrected chi connectivity index (χ4v) is 2.66. The Kier molecular flexibility index (Phi) is 4.66. The van der Waals surface area contributed by atoms with E-state index in [1.807, 2.05) is 12.1 Å². The summed E-state index contributed by atoms with van der Waals surface area (Å²) in [4.78, 5) is 0. The largest absolute Gasteiger partial charge is 0.320 e. The van der Waals surface area contributed by atoms with E-state index in [2.05, 4.69) is 73.1 Å². The molecular weight excluding hydrogens is 310 g/mol. The van der Waals surface area contributed by atoms with Gasteiger partial charge in [-0.2, -0.15) is 0 Å². The van der Waals surface area contributed by atoms with Crippen molar-refractivity contribution in [1.82, 2.24) is 0 Å². The summed E-state index contributed by atoms with van der Waals surface area (Å²) in [5, 5.41) is 0. The number of nitrogens with two attached hydrogens (primary N) is 1. The van der Waals surface area contributed by atoms with Gasteiger partial charge in [0.1, 0.15) is 0 Å². The Labute approximate surface area is 130 Å². The molecule has 0 aromatic heterocycles. The molecule has 2 aromatic rings. The summed E-state index contributed by atoms with van der Waals surface area (Å²) >= 11 is 3.49. The Hall–Kier alpha value is -1.12. The summed E-state index contributed by atoms with van der Waals surface area (Å²) < 4.78 is 1.06. The van der Waals surface area contributed by atoms with Crippen molar-refractivity contribution in [3.8, 4) is 0 Å². The fraction of sp³-hybridized carbons (Fsp3) is 0.333. The van der Waals surface area contributed by atoms with Crippen LogP contribution < -0.4 is 5.73 Å². The van der Waals surface area contributed by atoms with E-state index in [0.29, 0.717) is 0 Å². The normalized spacial score (nSPS) is 13.2. The molecule has 1 unspecified atom stereocenters. The molecule has 0 aliphatic rings. The van der Waals surface area contributed by atoms with Crippen molar-refractivity contribution in [2.75, 3.05) is 0 Å². The maximum absolute atomic E-state index is 6.36. The van der Waals surface area contributed by atoms with Crippen molar-refractivity contribution in [3.63, 3.8) is 0 Å². The highest BCUT2D eigenvalue weighted by atomic mass is 79.9. The van der Waals surface area contributed by atoms with Crippen molar-refractivity contribution >= 4 is 15.9 Å². The van der Waals surface area contributed by atoms with Gasteiger partial charge in [-0.3, -0.25) is 0 Å². The highest BCUT2D eigenvalue weighted by Crippen LogP contribution is 2.29. The van der Waals surface area contributed by atoms with Crippen LogP contribution >= 0.6 is 15.9 Å². The first-order chi connectivity index (χ1) is 9.44. The minimum absolute atomic E-state index is 0.0775. The van der Waals surface area contributed by atoms with Gasteiger partial charge in [0.25, 0.3) is 0 Å². The molecule has 0 aliphatic heterocycles. The van der Waals surface area contributed by atoms with Crippen LogP contribution in [0, 0.1) is 0 Å². The average Bonchev–Trinajstić information content (AvgIpc) is 2.46. The number of rotatable bonds is 4. The van der Waals surface area contributed by atoms with Gasteiger partial charge in [-0.15, -0.1) is 0 Å². The van der Waals surface area contributed by atoms with Crippen LogP contribution in [0.2, 0.25) is 0 Å². The average molecular weight is 332 g/mol. The predicted molar refractivity (Wildman–Crippen MR) is 89.9 cm³/mol. The zero-order chi connectivity index (χ0) is 14.8. The molecule has 0 spiro atoms. The lowest BCUT2D eigenvalue weighted by Crippen LogP contribution is -2.16. The summed E-state index contributed by atoms with van der Waals surface area (Å²) in [5.74, 6) is 0. The Bertz CT molecular complexity index is 572. The molecule has 0 saturated heterocycles. The molecule has 0 saturated carbocycles. The minimum atomic E-state index is -0.0775. The summed E-state index contributed by atoms with van der Waals surface area (Å²) in [6.45, 7) is 6.77. The standard InChI is InChI=1S/C18H22BrN/c1-4-18(2,3)15-10-8-13(9-11-15)17(20)14-6-5-7-16(19)12-14/h5-12,17H,4,20H2,1-3H3. The molecule has 20 heavy (non-hydrogen) atoms. The van der Waals surface area contributed by atoms with Crippen molar-refractivity contribution < 1.29 is 0 Å². The number of benzene rings is 2. The third-order valence-corrected chi connectivity index (χ3v) is 4.64. The van der Waals surface area contributed by atoms with E-state index in [4.69, 9.17) is 5.73 Å². The van der Waals surface area contributed by atoms with Crippen molar-refractivity contribution in [2.45, 2.75) is 38.6 Å². The fourth-order valence-electron chi connectivity index (χ4n) is 2.24. The Balaban J connectivity index is 2.26. The third kappa shape index (κ3) is 3.31. The van der Waals surface area contributed by atoms with E-state index >= 15 is 0 Å². The molecule has 2 rings (SSSR count). The molecule has 0 amide bonds. The van der Waals surface area contributed by atoms with Gasteiger partial charge in [0.05, 0.1) is 6.04 Å². The van der Waals surface area contributed by atoms with E-state index in [1.54, 1.807) is 0 Å². The molecule has 2 heteroatoms. The maximum Gasteiger partial charge on any atom is 0.0552 e. The van der Waals surface area contributed by atoms with Gasteiger partial charge in [-0.05, 0) is 40.7 Å². The maximum atomic E-state index is 6.36. The van der Waals surface area contributed by atoms with Crippen LogP contribution in [0.3, 0.4) is 0 Å². The molecule has 106 valence electrons. The first kappa shape index (κ1) is 15.3. The van der Waals surface area contributed by atoms with Gasteiger partial charge in [0.15, 0.2) is 0 Å². The highest BCUT2D eigenvalue weighted by Gasteiger charge is 2.18. The van der Waals surface area contributed by atoms with Crippen LogP contribution in [0.4, 0.5) is 0 Å². The molecule has 0 radical (unpaired) electrons. The smallest absolute Gasteiger partial charge is 0.0552 e. The summed E-state index contributed by atoms with van der Waals surface area (Å²) in [7, 11) is 0. The second-order valence-electron chi connectivity index (χ2n) is 5.89. The lowest BCUT2D eigenvalue weighted by atomic mass is 9.81. The summed E-state index contributed by atoms with van der Waals surface area (Å²) in [6, 6.07) is 16.8. The lowest BCUT2D eigenvalue weighted by Gasteiger charge is -2.24. The SMILES string of the molecule is CCC(C)(C)c1ccc(C(N)c2cccc(Br)c2)cc1. The molecule has 2 aromatic carbocycles. The van der Waals surface area contributed by atoms with Gasteiger partial charge in [-0.1, -0.05) is 73.1 Å². The van der Waals surface area contributed by atoms with Gasteiger partial charge in [-0.25, -0.2) is 0 Å². The summed E-state index contributed by atoms with van der Waals surface area (Å²) in [6.07, 6.45) is 1.13. The molecule has 0 heterocycles. The van der Waals surface area contributed by atoms with Crippen LogP contribution in [-0.4, -0.2) is 0 Å². The topological polar surface area (TPSA) is 26.0 Å². The summed E-state index contributed by atoms with van der Waals surface area (Å²) in [5.41, 5.74) is 10.2. The van der Waals surface area contributed by atoms with E-state index in [1.165, 1.54) is 5.56 Å². The van der Waals surface area contributed by atoms with Crippen LogP contribution in [-0.2, 0) is 5.41 Å². The second-order valence-corrected chi connectivity index (χ2v) is 6.81. The molecular formula is C18H22BrN. The van der Waals surface area contributed by atoms with Crippen molar-refractivity contribution in [3.05, 3.63) is 69.7 Å². The monoisotopic (exact) mass is 331 g/mol. The molecule has 1 nitrogen and oxygen atoms in total. The number of hydrogen-bond donors (Lipinski definition) is 1. The Morgan fingerprint density at radius 1 is 1.05 bits per heavy atom. The first-order valence-electron chi connectivity index (χ1n) is 7.05. The Morgan fingerprint density at radius 3 is 2.25 bits per heavy atom. The van der Waals surface area contributed by atoms with E-state index < -0.39 is 0 Å². The zero-order valence-electron chi connectivity index (χ0n) is 12.4. The van der Waals surface area contributed by atoms with Crippen LogP contribution in [0.1, 0.15) is 49.9 Å². The van der Waals surface area contributed by atoms with Crippen LogP contribution in [0.5, 0.6) is 0 Å². The molecule has 0 bridgehead atoms. The number of halogens is 1. The Morgan fingerprint density at radius 2 is 1.70 bits per heavy atom. The van der Waals surface area contributed by atoms with Crippen molar-refractivity contribution in [1.29, 1.82) is 0 Å². The quantitative estimate of drug-likeness (QED) is 0.820. The van der Waals surface area contributed by atoms with Gasteiger partial charge in [0.2, 0.25) is 0 Å². The van der Waals surface area contributed by atoms with Gasteiger partial charge in [0, 0.05) is 4.47 Å².